The van der Waals surface area contributed by atoms with E-state index in [9.17, 15) is 10.2 Å². The highest BCUT2D eigenvalue weighted by Crippen LogP contribution is 2.29. The van der Waals surface area contributed by atoms with Gasteiger partial charge in [-0.3, -0.25) is 0 Å². The van der Waals surface area contributed by atoms with Gasteiger partial charge < -0.3 is 15.3 Å². The second-order valence-electron chi connectivity index (χ2n) is 3.89. The molecule has 0 bridgehead atoms. The summed E-state index contributed by atoms with van der Waals surface area (Å²) in [6.45, 7) is 0. The van der Waals surface area contributed by atoms with Gasteiger partial charge in [-0.1, -0.05) is 42.5 Å². The third-order valence-corrected chi connectivity index (χ3v) is 2.67. The molecule has 88 valence electrons. The summed E-state index contributed by atoms with van der Waals surface area (Å²) in [5.41, 5.74) is 1.23. The second-order valence-corrected chi connectivity index (χ2v) is 3.89. The Bertz CT molecular complexity index is 465. The number of phenols is 1. The molecule has 0 amide bonds. The Morgan fingerprint density at radius 3 is 1.65 bits per heavy atom. The van der Waals surface area contributed by atoms with Gasteiger partial charge >= 0.3 is 0 Å². The zero-order valence-electron chi connectivity index (χ0n) is 9.19. The Kier molecular flexibility index (Phi) is 3.42. The van der Waals surface area contributed by atoms with Crippen LogP contribution in [0.15, 0.2) is 54.6 Å². The van der Waals surface area contributed by atoms with Gasteiger partial charge in [0.1, 0.15) is 18.0 Å². The molecule has 0 aliphatic rings. The average Bonchev–Trinajstić information content (AvgIpc) is 2.39. The summed E-state index contributed by atoms with van der Waals surface area (Å²) in [6, 6.07) is 15.1. The number of benzene rings is 2. The molecule has 0 spiro atoms. The second kappa shape index (κ2) is 4.99. The van der Waals surface area contributed by atoms with Gasteiger partial charge in [0.15, 0.2) is 0 Å². The maximum atomic E-state index is 10.0. The highest BCUT2D eigenvalue weighted by atomic mass is 16.3. The molecule has 0 aliphatic heterocycles. The molecule has 0 heterocycles. The third-order valence-electron chi connectivity index (χ3n) is 2.67. The number of rotatable bonds is 3. The van der Waals surface area contributed by atoms with Gasteiger partial charge in [0.05, 0.1) is 0 Å². The molecule has 2 aromatic carbocycles. The molecule has 2 rings (SSSR count). The van der Waals surface area contributed by atoms with Crippen LogP contribution in [0.3, 0.4) is 0 Å². The first-order valence-electron chi connectivity index (χ1n) is 5.38. The molecule has 0 aromatic heterocycles. The fourth-order valence-electron chi connectivity index (χ4n) is 1.69. The van der Waals surface area contributed by atoms with Gasteiger partial charge in [-0.15, -0.1) is 0 Å². The van der Waals surface area contributed by atoms with Crippen molar-refractivity contribution in [2.24, 2.45) is 0 Å². The van der Waals surface area contributed by atoms with Crippen molar-refractivity contribution in [2.75, 3.05) is 0 Å². The maximum absolute atomic E-state index is 10.0. The third kappa shape index (κ3) is 2.64. The molecule has 0 aliphatic carbocycles. The van der Waals surface area contributed by atoms with Gasteiger partial charge in [0.2, 0.25) is 0 Å². The summed E-state index contributed by atoms with van der Waals surface area (Å²) in [4.78, 5) is 0. The Hall–Kier alpha value is -1.84. The first-order valence-corrected chi connectivity index (χ1v) is 5.38. The van der Waals surface area contributed by atoms with Crippen molar-refractivity contribution in [3.8, 4) is 5.75 Å². The lowest BCUT2D eigenvalue weighted by Gasteiger charge is -2.18. The summed E-state index contributed by atoms with van der Waals surface area (Å²) in [5, 5.41) is 29.2. The van der Waals surface area contributed by atoms with Crippen LogP contribution in [0.1, 0.15) is 23.3 Å². The molecular weight excluding hydrogens is 216 g/mol. The van der Waals surface area contributed by atoms with Crippen molar-refractivity contribution in [3.63, 3.8) is 0 Å². The van der Waals surface area contributed by atoms with Crippen LogP contribution >= 0.6 is 0 Å². The van der Waals surface area contributed by atoms with Crippen LogP contribution in [-0.2, 0) is 0 Å². The van der Waals surface area contributed by atoms with E-state index in [4.69, 9.17) is 5.11 Å². The molecule has 0 saturated carbocycles. The van der Waals surface area contributed by atoms with Gasteiger partial charge in [-0.2, -0.15) is 0 Å². The molecule has 17 heavy (non-hydrogen) atoms. The minimum absolute atomic E-state index is 0.134. The van der Waals surface area contributed by atoms with Gasteiger partial charge in [-0.05, 0) is 23.3 Å². The highest BCUT2D eigenvalue weighted by molar-refractivity contribution is 5.29. The number of hydrogen-bond donors (Lipinski definition) is 3. The quantitative estimate of drug-likeness (QED) is 0.757. The number of phenolic OH excluding ortho intramolecular Hbond substituents is 1. The molecule has 2 atom stereocenters. The topological polar surface area (TPSA) is 60.7 Å². The lowest BCUT2D eigenvalue weighted by atomic mass is 9.98. The zero-order chi connectivity index (χ0) is 12.3. The highest BCUT2D eigenvalue weighted by Gasteiger charge is 2.19. The molecule has 3 N–H and O–H groups in total. The van der Waals surface area contributed by atoms with E-state index in [1.54, 1.807) is 24.3 Å². The molecule has 3 heteroatoms. The summed E-state index contributed by atoms with van der Waals surface area (Å²) in [6.07, 6.45) is -1.97. The smallest absolute Gasteiger partial charge is 0.115 e. The summed E-state index contributed by atoms with van der Waals surface area (Å²) in [7, 11) is 0. The average molecular weight is 230 g/mol. The minimum atomic E-state index is -1.00. The van der Waals surface area contributed by atoms with E-state index in [0.29, 0.717) is 11.1 Å². The van der Waals surface area contributed by atoms with Crippen LogP contribution in [0, 0.1) is 0 Å². The molecule has 0 saturated heterocycles. The molecule has 2 unspecified atom stereocenters. The Labute approximate surface area is 99.6 Å². The Balaban J connectivity index is 2.20. The van der Waals surface area contributed by atoms with E-state index in [1.807, 2.05) is 18.2 Å². The molecule has 3 nitrogen and oxygen atoms in total. The first kappa shape index (κ1) is 11.6. The van der Waals surface area contributed by atoms with Crippen LogP contribution in [0.5, 0.6) is 5.75 Å². The zero-order valence-corrected chi connectivity index (χ0v) is 9.19. The lowest BCUT2D eigenvalue weighted by molar-refractivity contribution is 0.0172. The lowest BCUT2D eigenvalue weighted by Crippen LogP contribution is -2.09. The van der Waals surface area contributed by atoms with E-state index >= 15 is 0 Å². The minimum Gasteiger partial charge on any atom is -0.508 e. The van der Waals surface area contributed by atoms with Crippen molar-refractivity contribution >= 4 is 0 Å². The number of hydrogen-bond acceptors (Lipinski definition) is 3. The van der Waals surface area contributed by atoms with E-state index < -0.39 is 12.2 Å². The Morgan fingerprint density at radius 2 is 1.12 bits per heavy atom. The summed E-state index contributed by atoms with van der Waals surface area (Å²) in [5.74, 6) is 0.134. The van der Waals surface area contributed by atoms with Gasteiger partial charge in [0, 0.05) is 0 Å². The fourth-order valence-corrected chi connectivity index (χ4v) is 1.69. The van der Waals surface area contributed by atoms with Crippen molar-refractivity contribution in [1.29, 1.82) is 0 Å². The van der Waals surface area contributed by atoms with Crippen molar-refractivity contribution in [2.45, 2.75) is 12.2 Å². The number of aliphatic hydroxyl groups is 2. The Morgan fingerprint density at radius 1 is 0.647 bits per heavy atom. The molecular formula is C14H14O3. The van der Waals surface area contributed by atoms with Crippen LogP contribution in [0.25, 0.3) is 0 Å². The van der Waals surface area contributed by atoms with Crippen LogP contribution in [0.4, 0.5) is 0 Å². The maximum Gasteiger partial charge on any atom is 0.115 e. The fraction of sp³-hybridized carbons (Fsp3) is 0.143. The standard InChI is InChI=1S/C14H14O3/c15-12-8-6-11(7-9-12)14(17)13(16)10-4-2-1-3-5-10/h1-9,13-17H. The SMILES string of the molecule is Oc1ccc(C(O)C(O)c2ccccc2)cc1. The number of aliphatic hydroxyl groups excluding tert-OH is 2. The predicted molar refractivity (Wildman–Crippen MR) is 64.5 cm³/mol. The van der Waals surface area contributed by atoms with Crippen LogP contribution in [-0.4, -0.2) is 15.3 Å². The molecule has 0 fully saturated rings. The normalized spacial score (nSPS) is 14.2. The van der Waals surface area contributed by atoms with E-state index in [-0.39, 0.29) is 5.75 Å². The van der Waals surface area contributed by atoms with Crippen LogP contribution < -0.4 is 0 Å². The van der Waals surface area contributed by atoms with E-state index in [2.05, 4.69) is 0 Å². The predicted octanol–water partition coefficient (Wildman–Crippen LogP) is 2.16. The van der Waals surface area contributed by atoms with Crippen LogP contribution in [0.2, 0.25) is 0 Å². The largest absolute Gasteiger partial charge is 0.508 e. The van der Waals surface area contributed by atoms with Crippen molar-refractivity contribution < 1.29 is 15.3 Å². The first-order chi connectivity index (χ1) is 8.18. The van der Waals surface area contributed by atoms with Crippen molar-refractivity contribution in [1.82, 2.24) is 0 Å². The molecule has 0 radical (unpaired) electrons. The van der Waals surface area contributed by atoms with E-state index in [0.717, 1.165) is 0 Å². The number of aromatic hydroxyl groups is 1. The van der Waals surface area contributed by atoms with Gasteiger partial charge in [0.25, 0.3) is 0 Å². The monoisotopic (exact) mass is 230 g/mol. The summed E-state index contributed by atoms with van der Waals surface area (Å²) < 4.78 is 0. The van der Waals surface area contributed by atoms with Gasteiger partial charge in [-0.25, -0.2) is 0 Å². The van der Waals surface area contributed by atoms with E-state index in [1.165, 1.54) is 12.1 Å². The van der Waals surface area contributed by atoms with Crippen molar-refractivity contribution in [3.05, 3.63) is 65.7 Å². The molecule has 2 aromatic rings. The summed E-state index contributed by atoms with van der Waals surface area (Å²) >= 11 is 0.